The van der Waals surface area contributed by atoms with E-state index in [2.05, 4.69) is 9.97 Å². The van der Waals surface area contributed by atoms with Crippen LogP contribution in [0.15, 0.2) is 36.8 Å². The average molecular weight is 446 g/mol. The van der Waals surface area contributed by atoms with E-state index in [1.54, 1.807) is 29.0 Å². The molecular weight excluding hydrogens is 426 g/mol. The number of aryl methyl sites for hydroxylation is 1. The van der Waals surface area contributed by atoms with Crippen LogP contribution in [0.5, 0.6) is 0 Å². The molecule has 2 N–H and O–H groups in total. The Kier molecular flexibility index (Phi) is 5.05. The highest BCUT2D eigenvalue weighted by atomic mass is 35.5. The third-order valence-electron chi connectivity index (χ3n) is 5.78. The summed E-state index contributed by atoms with van der Waals surface area (Å²) in [5.41, 5.74) is 2.81. The summed E-state index contributed by atoms with van der Waals surface area (Å²) in [6.45, 7) is 2.00. The molecule has 3 aromatic rings. The lowest BCUT2D eigenvalue weighted by molar-refractivity contribution is -0.101. The van der Waals surface area contributed by atoms with Crippen LogP contribution in [0.4, 0.5) is 4.79 Å². The summed E-state index contributed by atoms with van der Waals surface area (Å²) >= 11 is 6.13. The van der Waals surface area contributed by atoms with E-state index in [0.717, 1.165) is 16.6 Å². The number of fused-ring (bicyclic) bond motifs is 2. The van der Waals surface area contributed by atoms with Gasteiger partial charge >= 0.3 is 6.16 Å². The number of carbonyl (C=O) groups excluding carboxylic acids is 1. The van der Waals surface area contributed by atoms with E-state index < -0.39 is 36.8 Å². The molecule has 2 aliphatic rings. The Hall–Kier alpha value is -2.72. The van der Waals surface area contributed by atoms with Gasteiger partial charge in [0.25, 0.3) is 0 Å². The molecule has 9 nitrogen and oxygen atoms in total. The fourth-order valence-electron chi connectivity index (χ4n) is 4.23. The Balaban J connectivity index is 1.53. The second kappa shape index (κ2) is 7.76. The Morgan fingerprint density at radius 1 is 1.19 bits per heavy atom. The van der Waals surface area contributed by atoms with Gasteiger partial charge in [-0.15, -0.1) is 0 Å². The highest BCUT2D eigenvalue weighted by Crippen LogP contribution is 2.41. The quantitative estimate of drug-likeness (QED) is 0.578. The van der Waals surface area contributed by atoms with Crippen molar-refractivity contribution >= 4 is 28.8 Å². The summed E-state index contributed by atoms with van der Waals surface area (Å²) in [6, 6.07) is 7.00. The third kappa shape index (κ3) is 3.43. The van der Waals surface area contributed by atoms with Gasteiger partial charge in [-0.25, -0.2) is 14.8 Å². The zero-order valence-electron chi connectivity index (χ0n) is 16.5. The molecular formula is C21H20ClN3O6. The molecule has 0 aliphatic carbocycles. The lowest BCUT2D eigenvalue weighted by Gasteiger charge is -2.29. The lowest BCUT2D eigenvalue weighted by atomic mass is 9.93. The number of halogens is 1. The molecule has 0 spiro atoms. The van der Waals surface area contributed by atoms with Gasteiger partial charge in [0.1, 0.15) is 30.3 Å². The van der Waals surface area contributed by atoms with Crippen LogP contribution in [0, 0.1) is 6.92 Å². The number of benzene rings is 1. The molecule has 2 aromatic heterocycles. The van der Waals surface area contributed by atoms with Crippen LogP contribution in [-0.2, 0) is 20.6 Å². The van der Waals surface area contributed by atoms with E-state index in [9.17, 15) is 15.0 Å². The fraction of sp³-hybridized carbons (Fsp3) is 0.381. The number of aromatic nitrogens is 3. The minimum atomic E-state index is -1.33. The van der Waals surface area contributed by atoms with Gasteiger partial charge in [-0.05, 0) is 36.2 Å². The van der Waals surface area contributed by atoms with Crippen molar-refractivity contribution in [3.8, 4) is 0 Å². The number of nitrogens with zero attached hydrogens (tertiary/aromatic N) is 3. The molecule has 5 rings (SSSR count). The van der Waals surface area contributed by atoms with E-state index in [1.165, 1.54) is 6.33 Å². The molecule has 31 heavy (non-hydrogen) atoms. The van der Waals surface area contributed by atoms with Crippen LogP contribution >= 0.6 is 11.6 Å². The van der Waals surface area contributed by atoms with E-state index in [1.807, 2.05) is 13.0 Å². The van der Waals surface area contributed by atoms with Gasteiger partial charge in [0, 0.05) is 23.0 Å². The summed E-state index contributed by atoms with van der Waals surface area (Å²) in [7, 11) is 0. The first kappa shape index (κ1) is 20.2. The number of hydrogen-bond acceptors (Lipinski definition) is 8. The molecule has 1 fully saturated rings. The smallest absolute Gasteiger partial charge is 0.434 e. The fourth-order valence-corrected chi connectivity index (χ4v) is 4.42. The highest BCUT2D eigenvalue weighted by molar-refractivity contribution is 6.30. The number of cyclic esters (lactones) is 2. The third-order valence-corrected chi connectivity index (χ3v) is 6.02. The molecule has 0 amide bonds. The van der Waals surface area contributed by atoms with Crippen molar-refractivity contribution in [1.29, 1.82) is 0 Å². The lowest BCUT2D eigenvalue weighted by Crippen LogP contribution is -2.37. The maximum Gasteiger partial charge on any atom is 0.508 e. The van der Waals surface area contributed by atoms with Gasteiger partial charge in [-0.2, -0.15) is 0 Å². The maximum absolute atomic E-state index is 12.1. The van der Waals surface area contributed by atoms with Crippen LogP contribution in [0.1, 0.15) is 29.2 Å². The first-order valence-electron chi connectivity index (χ1n) is 9.85. The van der Waals surface area contributed by atoms with E-state index >= 15 is 0 Å². The number of hydrogen-bond donors (Lipinski definition) is 2. The van der Waals surface area contributed by atoms with Crippen LogP contribution in [0.25, 0.3) is 11.0 Å². The number of aliphatic hydroxyl groups excluding tert-OH is 2. The Morgan fingerprint density at radius 3 is 2.87 bits per heavy atom. The minimum absolute atomic E-state index is 0.145. The molecule has 5 atom stereocenters. The predicted octanol–water partition coefficient (Wildman–Crippen LogP) is 2.46. The highest BCUT2D eigenvalue weighted by Gasteiger charge is 2.50. The summed E-state index contributed by atoms with van der Waals surface area (Å²) in [5, 5.41) is 23.0. The van der Waals surface area contributed by atoms with Gasteiger partial charge in [0.05, 0.1) is 12.3 Å². The minimum Gasteiger partial charge on any atom is -0.434 e. The van der Waals surface area contributed by atoms with Crippen LogP contribution < -0.4 is 0 Å². The zero-order chi connectivity index (χ0) is 21.7. The van der Waals surface area contributed by atoms with Gasteiger partial charge in [-0.1, -0.05) is 17.7 Å². The topological polar surface area (TPSA) is 116 Å². The Labute approximate surface area is 182 Å². The Morgan fingerprint density at radius 2 is 2.03 bits per heavy atom. The first-order valence-corrected chi connectivity index (χ1v) is 10.2. The molecule has 0 saturated carbocycles. The number of ether oxygens (including phenoxy) is 3. The Bertz CT molecular complexity index is 1150. The normalized spacial score (nSPS) is 28.5. The van der Waals surface area contributed by atoms with E-state index in [-0.39, 0.29) is 6.61 Å². The predicted molar refractivity (Wildman–Crippen MR) is 109 cm³/mol. The summed E-state index contributed by atoms with van der Waals surface area (Å²) in [5.74, 6) is 0. The van der Waals surface area contributed by atoms with E-state index in [0.29, 0.717) is 22.7 Å². The van der Waals surface area contributed by atoms with Gasteiger partial charge in [0.2, 0.25) is 0 Å². The second-order valence-electron chi connectivity index (χ2n) is 7.62. The van der Waals surface area contributed by atoms with E-state index in [4.69, 9.17) is 25.8 Å². The van der Waals surface area contributed by atoms with Crippen molar-refractivity contribution in [2.24, 2.45) is 0 Å². The molecule has 162 valence electrons. The summed E-state index contributed by atoms with van der Waals surface area (Å²) < 4.78 is 18.3. The van der Waals surface area contributed by atoms with Crippen LogP contribution in [-0.4, -0.2) is 55.8 Å². The average Bonchev–Trinajstić information content (AvgIpc) is 3.28. The second-order valence-corrected chi connectivity index (χ2v) is 8.06. The molecule has 4 heterocycles. The van der Waals surface area contributed by atoms with Crippen LogP contribution in [0.3, 0.4) is 0 Å². The molecule has 0 radical (unpaired) electrons. The summed E-state index contributed by atoms with van der Waals surface area (Å²) in [4.78, 5) is 20.6. The number of carbonyl (C=O) groups is 1. The summed E-state index contributed by atoms with van der Waals surface area (Å²) in [6.07, 6.45) is -2.86. The maximum atomic E-state index is 12.1. The van der Waals surface area contributed by atoms with Crippen molar-refractivity contribution < 1.29 is 29.2 Å². The first-order chi connectivity index (χ1) is 14.9. The molecule has 10 heteroatoms. The SMILES string of the molecule is Cc1ncnc2c1ccn2[C@@H]1O[C@H]([C@@H]2OC(=O)OCCc3cc(Cl)ccc32)[C@@H](O)[C@H]1O. The van der Waals surface area contributed by atoms with Gasteiger partial charge < -0.3 is 29.0 Å². The molecule has 0 unspecified atom stereocenters. The monoisotopic (exact) mass is 445 g/mol. The molecule has 1 aromatic carbocycles. The van der Waals surface area contributed by atoms with Crippen molar-refractivity contribution in [3.05, 3.63) is 58.6 Å². The molecule has 0 bridgehead atoms. The van der Waals surface area contributed by atoms with Gasteiger partial charge in [-0.3, -0.25) is 0 Å². The number of aliphatic hydroxyl groups is 2. The standard InChI is InChI=1S/C21H20ClN3O6/c1-10-13-4-6-25(19(13)24-9-23-10)20-16(27)15(26)18(30-20)17-14-3-2-12(22)8-11(14)5-7-29-21(28)31-17/h2-4,6,8-9,15-18,20,26-27H,5,7H2,1H3/t15-,16+,17+,18-,20+/m0/s1. The molecule has 2 aliphatic heterocycles. The van der Waals surface area contributed by atoms with Crippen molar-refractivity contribution in [2.75, 3.05) is 6.61 Å². The molecule has 1 saturated heterocycles. The zero-order valence-corrected chi connectivity index (χ0v) is 17.3. The van der Waals surface area contributed by atoms with Crippen LogP contribution in [0.2, 0.25) is 5.02 Å². The largest absolute Gasteiger partial charge is 0.508 e. The van der Waals surface area contributed by atoms with Gasteiger partial charge in [0.15, 0.2) is 12.3 Å². The number of rotatable bonds is 2. The van der Waals surface area contributed by atoms with Crippen molar-refractivity contribution in [2.45, 2.75) is 44.0 Å². The van der Waals surface area contributed by atoms with Crippen molar-refractivity contribution in [1.82, 2.24) is 14.5 Å². The van der Waals surface area contributed by atoms with Crippen molar-refractivity contribution in [3.63, 3.8) is 0 Å².